The van der Waals surface area contributed by atoms with Gasteiger partial charge in [-0.05, 0) is 30.7 Å². The van der Waals surface area contributed by atoms with Gasteiger partial charge in [0.15, 0.2) is 5.78 Å². The third kappa shape index (κ3) is 2.51. The third-order valence-corrected chi connectivity index (χ3v) is 5.10. The Morgan fingerprint density at radius 2 is 1.64 bits per heavy atom. The Hall–Kier alpha value is -3.48. The predicted molar refractivity (Wildman–Crippen MR) is 105 cm³/mol. The molecule has 0 aromatic heterocycles. The minimum Gasteiger partial charge on any atom is -0.495 e. The standard InChI is InChI=1S/C21H19N3O4/c1-12-8-4-5-9-14(12)24-19-17(18(22-24)13(2)25)20(26)23(21(19)27)15-10-6-7-11-16(15)28-3/h4-11,17,19H,1-3H3/t17-,19-/m0/s1. The number of Topliss-reactive ketones (excluding diaryl/α,β-unsaturated/α-hetero) is 1. The summed E-state index contributed by atoms with van der Waals surface area (Å²) in [6.07, 6.45) is 0. The zero-order valence-electron chi connectivity index (χ0n) is 15.7. The van der Waals surface area contributed by atoms with Gasteiger partial charge in [0.1, 0.15) is 23.4 Å². The van der Waals surface area contributed by atoms with Gasteiger partial charge in [-0.15, -0.1) is 0 Å². The average molecular weight is 377 g/mol. The number of para-hydroxylation sites is 3. The van der Waals surface area contributed by atoms with Gasteiger partial charge in [0, 0.05) is 6.92 Å². The molecule has 0 N–H and O–H groups in total. The van der Waals surface area contributed by atoms with Gasteiger partial charge in [-0.25, -0.2) is 4.90 Å². The van der Waals surface area contributed by atoms with E-state index in [4.69, 9.17) is 4.74 Å². The topological polar surface area (TPSA) is 79.3 Å². The number of anilines is 2. The van der Waals surface area contributed by atoms with Crippen molar-refractivity contribution in [2.45, 2.75) is 19.9 Å². The minimum atomic E-state index is -0.936. The monoisotopic (exact) mass is 377 g/mol. The van der Waals surface area contributed by atoms with E-state index in [2.05, 4.69) is 5.10 Å². The number of methoxy groups -OCH3 is 1. The van der Waals surface area contributed by atoms with Crippen LogP contribution in [-0.2, 0) is 14.4 Å². The number of carbonyl (C=O) groups is 3. The highest BCUT2D eigenvalue weighted by molar-refractivity contribution is 6.49. The van der Waals surface area contributed by atoms with Crippen LogP contribution >= 0.6 is 0 Å². The lowest BCUT2D eigenvalue weighted by atomic mass is 9.95. The molecule has 1 fully saturated rings. The highest BCUT2D eigenvalue weighted by Gasteiger charge is 2.58. The lowest BCUT2D eigenvalue weighted by Gasteiger charge is -2.24. The molecule has 28 heavy (non-hydrogen) atoms. The lowest BCUT2D eigenvalue weighted by molar-refractivity contribution is -0.122. The molecular formula is C21H19N3O4. The van der Waals surface area contributed by atoms with Crippen LogP contribution in [0.25, 0.3) is 0 Å². The van der Waals surface area contributed by atoms with Crippen LogP contribution in [0.1, 0.15) is 12.5 Å². The van der Waals surface area contributed by atoms with Gasteiger partial charge in [-0.2, -0.15) is 5.10 Å². The van der Waals surface area contributed by atoms with Crippen molar-refractivity contribution in [3.63, 3.8) is 0 Å². The van der Waals surface area contributed by atoms with E-state index in [9.17, 15) is 14.4 Å². The van der Waals surface area contributed by atoms with E-state index < -0.39 is 23.8 Å². The normalized spacial score (nSPS) is 21.0. The van der Waals surface area contributed by atoms with Crippen molar-refractivity contribution in [1.29, 1.82) is 0 Å². The van der Waals surface area contributed by atoms with Crippen molar-refractivity contribution in [3.8, 4) is 5.75 Å². The van der Waals surface area contributed by atoms with E-state index >= 15 is 0 Å². The number of hydrogen-bond donors (Lipinski definition) is 0. The number of imide groups is 1. The molecule has 4 rings (SSSR count). The molecule has 0 aliphatic carbocycles. The molecular weight excluding hydrogens is 358 g/mol. The molecule has 7 heteroatoms. The van der Waals surface area contributed by atoms with E-state index in [0.29, 0.717) is 17.1 Å². The number of amides is 2. The highest BCUT2D eigenvalue weighted by atomic mass is 16.5. The Morgan fingerprint density at radius 3 is 2.29 bits per heavy atom. The summed E-state index contributed by atoms with van der Waals surface area (Å²) in [5, 5.41) is 5.88. The molecule has 0 unspecified atom stereocenters. The smallest absolute Gasteiger partial charge is 0.260 e. The van der Waals surface area contributed by atoms with E-state index in [1.807, 2.05) is 31.2 Å². The van der Waals surface area contributed by atoms with E-state index in [1.165, 1.54) is 19.0 Å². The first-order valence-corrected chi connectivity index (χ1v) is 8.91. The van der Waals surface area contributed by atoms with E-state index in [0.717, 1.165) is 10.5 Å². The van der Waals surface area contributed by atoms with Gasteiger partial charge >= 0.3 is 0 Å². The average Bonchev–Trinajstić information content (AvgIpc) is 3.19. The van der Waals surface area contributed by atoms with Gasteiger partial charge in [0.05, 0.1) is 18.5 Å². The van der Waals surface area contributed by atoms with Crippen LogP contribution < -0.4 is 14.6 Å². The molecule has 2 amide bonds. The van der Waals surface area contributed by atoms with Gasteiger partial charge in [-0.3, -0.25) is 19.4 Å². The molecule has 0 radical (unpaired) electrons. The number of nitrogens with zero attached hydrogens (tertiary/aromatic N) is 3. The van der Waals surface area contributed by atoms with Crippen LogP contribution in [0.4, 0.5) is 11.4 Å². The maximum Gasteiger partial charge on any atom is 0.260 e. The Balaban J connectivity index is 1.85. The molecule has 0 saturated carbocycles. The molecule has 2 aromatic rings. The Kier molecular flexibility index (Phi) is 4.22. The Bertz CT molecular complexity index is 1030. The fraction of sp³-hybridized carbons (Fsp3) is 0.238. The highest BCUT2D eigenvalue weighted by Crippen LogP contribution is 2.41. The summed E-state index contributed by atoms with van der Waals surface area (Å²) in [5.41, 5.74) is 2.05. The second-order valence-corrected chi connectivity index (χ2v) is 6.78. The fourth-order valence-electron chi connectivity index (χ4n) is 3.78. The third-order valence-electron chi connectivity index (χ3n) is 5.10. The number of rotatable bonds is 4. The van der Waals surface area contributed by atoms with Crippen molar-refractivity contribution in [2.24, 2.45) is 11.0 Å². The summed E-state index contributed by atoms with van der Waals surface area (Å²) >= 11 is 0. The van der Waals surface area contributed by atoms with E-state index in [-0.39, 0.29) is 11.5 Å². The molecule has 2 aromatic carbocycles. The fourth-order valence-corrected chi connectivity index (χ4v) is 3.78. The molecule has 2 aliphatic heterocycles. The zero-order chi connectivity index (χ0) is 20.0. The number of benzene rings is 2. The van der Waals surface area contributed by atoms with Crippen LogP contribution in [0.3, 0.4) is 0 Å². The van der Waals surface area contributed by atoms with Crippen LogP contribution in [0, 0.1) is 12.8 Å². The number of fused-ring (bicyclic) bond motifs is 1. The van der Waals surface area contributed by atoms with Crippen LogP contribution in [0.15, 0.2) is 53.6 Å². The van der Waals surface area contributed by atoms with Crippen molar-refractivity contribution in [1.82, 2.24) is 0 Å². The quantitative estimate of drug-likeness (QED) is 0.764. The number of ketones is 1. The second kappa shape index (κ2) is 6.60. The van der Waals surface area contributed by atoms with Gasteiger partial charge in [0.2, 0.25) is 5.91 Å². The van der Waals surface area contributed by atoms with Crippen molar-refractivity contribution in [3.05, 3.63) is 54.1 Å². The van der Waals surface area contributed by atoms with Gasteiger partial charge in [-0.1, -0.05) is 30.3 Å². The Morgan fingerprint density at radius 1 is 1.00 bits per heavy atom. The first-order chi connectivity index (χ1) is 13.5. The van der Waals surface area contributed by atoms with Crippen LogP contribution in [-0.4, -0.2) is 36.5 Å². The number of hydrazone groups is 1. The summed E-state index contributed by atoms with van der Waals surface area (Å²) in [5.74, 6) is -1.75. The SMILES string of the molecule is COc1ccccc1N1C(=O)[C@H]2C(C(C)=O)=NN(c3ccccc3C)[C@@H]2C1=O. The summed E-state index contributed by atoms with van der Waals surface area (Å²) in [6, 6.07) is 13.4. The summed E-state index contributed by atoms with van der Waals surface area (Å²) < 4.78 is 5.32. The first-order valence-electron chi connectivity index (χ1n) is 8.91. The minimum absolute atomic E-state index is 0.101. The van der Waals surface area contributed by atoms with Gasteiger partial charge < -0.3 is 4.74 Å². The molecule has 7 nitrogen and oxygen atoms in total. The summed E-state index contributed by atoms with van der Waals surface area (Å²) in [7, 11) is 1.48. The molecule has 142 valence electrons. The molecule has 2 aliphatic rings. The summed E-state index contributed by atoms with van der Waals surface area (Å²) in [6.45, 7) is 3.26. The molecule has 2 heterocycles. The van der Waals surface area contributed by atoms with Crippen molar-refractivity contribution < 1.29 is 19.1 Å². The number of aryl methyl sites for hydroxylation is 1. The number of ether oxygens (including phenoxy) is 1. The zero-order valence-corrected chi connectivity index (χ0v) is 15.7. The van der Waals surface area contributed by atoms with Gasteiger partial charge in [0.25, 0.3) is 5.91 Å². The van der Waals surface area contributed by atoms with Crippen molar-refractivity contribution >= 4 is 34.7 Å². The second-order valence-electron chi connectivity index (χ2n) is 6.78. The maximum absolute atomic E-state index is 13.4. The number of carbonyl (C=O) groups excluding carboxylic acids is 3. The molecule has 1 saturated heterocycles. The van der Waals surface area contributed by atoms with Crippen molar-refractivity contribution in [2.75, 3.05) is 17.0 Å². The molecule has 0 spiro atoms. The predicted octanol–water partition coefficient (Wildman–Crippen LogP) is 2.33. The van der Waals surface area contributed by atoms with Crippen LogP contribution in [0.2, 0.25) is 0 Å². The molecule has 0 bridgehead atoms. The molecule has 2 atom stereocenters. The Labute approximate surface area is 162 Å². The summed E-state index contributed by atoms with van der Waals surface area (Å²) in [4.78, 5) is 39.9. The lowest BCUT2D eigenvalue weighted by Crippen LogP contribution is -2.39. The van der Waals surface area contributed by atoms with Crippen LogP contribution in [0.5, 0.6) is 5.75 Å². The largest absolute Gasteiger partial charge is 0.495 e. The number of hydrogen-bond acceptors (Lipinski definition) is 6. The first kappa shape index (κ1) is 17.9. The van der Waals surface area contributed by atoms with E-state index in [1.54, 1.807) is 24.3 Å². The maximum atomic E-state index is 13.4.